The van der Waals surface area contributed by atoms with Gasteiger partial charge in [0.25, 0.3) is 11.5 Å². The van der Waals surface area contributed by atoms with Crippen LogP contribution < -0.4 is 10.9 Å². The Bertz CT molecular complexity index is 799. The molecule has 0 bridgehead atoms. The highest BCUT2D eigenvalue weighted by molar-refractivity contribution is 5.94. The van der Waals surface area contributed by atoms with Crippen LogP contribution in [0.3, 0.4) is 0 Å². The molecule has 6 heteroatoms. The predicted octanol–water partition coefficient (Wildman–Crippen LogP) is 3.38. The van der Waals surface area contributed by atoms with Gasteiger partial charge in [0.2, 0.25) is 0 Å². The van der Waals surface area contributed by atoms with Gasteiger partial charge in [-0.25, -0.2) is 0 Å². The highest BCUT2D eigenvalue weighted by atomic mass is 16.5. The first kappa shape index (κ1) is 21.6. The molecule has 6 nitrogen and oxygen atoms in total. The van der Waals surface area contributed by atoms with E-state index in [1.165, 1.54) is 0 Å². The standard InChI is InChI=1S/C23H34N2O4/c1-3-5-14-25-20-13-9-6-10-16(20)15-18(22(25)27)21(26)24-19-12-8-7-11-17(19)23(28)29-4-2/h15,17,19H,3-14H2,1-2H3,(H,24,26). The minimum Gasteiger partial charge on any atom is -0.466 e. The Balaban J connectivity index is 1.86. The normalized spacial score (nSPS) is 21.3. The molecule has 1 aromatic heterocycles. The van der Waals surface area contributed by atoms with Gasteiger partial charge in [-0.1, -0.05) is 26.2 Å². The molecule has 1 fully saturated rings. The lowest BCUT2D eigenvalue weighted by atomic mass is 9.84. The molecule has 0 saturated heterocycles. The van der Waals surface area contributed by atoms with Crippen molar-refractivity contribution in [2.75, 3.05) is 6.61 Å². The van der Waals surface area contributed by atoms with Gasteiger partial charge in [-0.2, -0.15) is 0 Å². The molecule has 1 aromatic rings. The van der Waals surface area contributed by atoms with E-state index >= 15 is 0 Å². The smallest absolute Gasteiger partial charge is 0.311 e. The molecule has 3 rings (SSSR count). The van der Waals surface area contributed by atoms with Crippen LogP contribution in [-0.2, 0) is 28.9 Å². The zero-order chi connectivity index (χ0) is 20.8. The van der Waals surface area contributed by atoms with E-state index < -0.39 is 0 Å². The van der Waals surface area contributed by atoms with Crippen LogP contribution in [0.25, 0.3) is 0 Å². The molecule has 2 aliphatic rings. The molecule has 0 aliphatic heterocycles. The Labute approximate surface area is 173 Å². The number of aromatic nitrogens is 1. The minimum atomic E-state index is -0.352. The lowest BCUT2D eigenvalue weighted by Crippen LogP contribution is -2.47. The number of fused-ring (bicyclic) bond motifs is 1. The fourth-order valence-corrected chi connectivity index (χ4v) is 4.68. The van der Waals surface area contributed by atoms with Crippen LogP contribution in [0.2, 0.25) is 0 Å². The summed E-state index contributed by atoms with van der Waals surface area (Å²) in [4.78, 5) is 38.6. The summed E-state index contributed by atoms with van der Waals surface area (Å²) in [6, 6.07) is 1.53. The van der Waals surface area contributed by atoms with Crippen LogP contribution in [0.1, 0.15) is 86.8 Å². The number of pyridine rings is 1. The molecule has 1 saturated carbocycles. The van der Waals surface area contributed by atoms with Crippen LogP contribution in [-0.4, -0.2) is 29.1 Å². The van der Waals surface area contributed by atoms with E-state index in [9.17, 15) is 14.4 Å². The zero-order valence-corrected chi connectivity index (χ0v) is 17.8. The molecule has 2 atom stereocenters. The zero-order valence-electron chi connectivity index (χ0n) is 17.8. The van der Waals surface area contributed by atoms with E-state index in [1.54, 1.807) is 13.0 Å². The second-order valence-electron chi connectivity index (χ2n) is 8.27. The first-order valence-electron chi connectivity index (χ1n) is 11.3. The molecule has 29 heavy (non-hydrogen) atoms. The predicted molar refractivity (Wildman–Crippen MR) is 112 cm³/mol. The summed E-state index contributed by atoms with van der Waals surface area (Å²) in [5, 5.41) is 3.00. The maximum atomic E-state index is 13.2. The largest absolute Gasteiger partial charge is 0.466 e. The fraction of sp³-hybridized carbons (Fsp3) is 0.696. The summed E-state index contributed by atoms with van der Waals surface area (Å²) in [6.07, 6.45) is 9.30. The van der Waals surface area contributed by atoms with Crippen molar-refractivity contribution in [1.29, 1.82) is 0 Å². The summed E-state index contributed by atoms with van der Waals surface area (Å²) in [5.41, 5.74) is 2.26. The summed E-state index contributed by atoms with van der Waals surface area (Å²) in [7, 11) is 0. The van der Waals surface area contributed by atoms with Gasteiger partial charge in [0.15, 0.2) is 0 Å². The lowest BCUT2D eigenvalue weighted by Gasteiger charge is -2.30. The molecule has 1 amide bonds. The Morgan fingerprint density at radius 1 is 1.14 bits per heavy atom. The average Bonchev–Trinajstić information content (AvgIpc) is 2.73. The third-order valence-corrected chi connectivity index (χ3v) is 6.25. The molecular formula is C23H34N2O4. The van der Waals surface area contributed by atoms with Crippen LogP contribution in [0, 0.1) is 5.92 Å². The quantitative estimate of drug-likeness (QED) is 0.709. The Hall–Kier alpha value is -2.11. The fourth-order valence-electron chi connectivity index (χ4n) is 4.68. The molecule has 0 aromatic carbocycles. The molecule has 1 heterocycles. The van der Waals surface area contributed by atoms with Gasteiger partial charge in [-0.15, -0.1) is 0 Å². The Morgan fingerprint density at radius 2 is 1.90 bits per heavy atom. The van der Waals surface area contributed by atoms with Crippen molar-refractivity contribution in [1.82, 2.24) is 9.88 Å². The van der Waals surface area contributed by atoms with Crippen molar-refractivity contribution in [3.05, 3.63) is 33.2 Å². The highest BCUT2D eigenvalue weighted by Crippen LogP contribution is 2.26. The number of carbonyl (C=O) groups is 2. The van der Waals surface area contributed by atoms with E-state index in [2.05, 4.69) is 12.2 Å². The Kier molecular flexibility index (Phi) is 7.51. The number of amides is 1. The van der Waals surface area contributed by atoms with Gasteiger partial charge in [-0.3, -0.25) is 14.4 Å². The van der Waals surface area contributed by atoms with Gasteiger partial charge in [0.1, 0.15) is 5.56 Å². The summed E-state index contributed by atoms with van der Waals surface area (Å²) >= 11 is 0. The number of ether oxygens (including phenoxy) is 1. The number of aryl methyl sites for hydroxylation is 1. The number of hydrogen-bond donors (Lipinski definition) is 1. The summed E-state index contributed by atoms with van der Waals surface area (Å²) in [6.45, 7) is 4.89. The van der Waals surface area contributed by atoms with Crippen molar-refractivity contribution >= 4 is 11.9 Å². The second-order valence-corrected chi connectivity index (χ2v) is 8.27. The van der Waals surface area contributed by atoms with Crippen molar-refractivity contribution in [3.8, 4) is 0 Å². The SMILES string of the molecule is CCCCn1c2c(cc(C(=O)NC3CCCCC3C(=O)OCC)c1=O)CCCC2. The number of hydrogen-bond acceptors (Lipinski definition) is 4. The molecule has 2 unspecified atom stereocenters. The van der Waals surface area contributed by atoms with Gasteiger partial charge >= 0.3 is 5.97 Å². The average molecular weight is 403 g/mol. The van der Waals surface area contributed by atoms with Gasteiger partial charge in [0.05, 0.1) is 12.5 Å². The van der Waals surface area contributed by atoms with E-state index in [0.717, 1.165) is 69.0 Å². The third-order valence-electron chi connectivity index (χ3n) is 6.25. The van der Waals surface area contributed by atoms with Crippen molar-refractivity contribution in [3.63, 3.8) is 0 Å². The van der Waals surface area contributed by atoms with Crippen molar-refractivity contribution < 1.29 is 14.3 Å². The van der Waals surface area contributed by atoms with Crippen LogP contribution in [0.5, 0.6) is 0 Å². The number of nitrogens with zero attached hydrogens (tertiary/aromatic N) is 1. The monoisotopic (exact) mass is 402 g/mol. The number of nitrogens with one attached hydrogen (secondary N) is 1. The van der Waals surface area contributed by atoms with Gasteiger partial charge < -0.3 is 14.6 Å². The molecule has 0 radical (unpaired) electrons. The molecule has 0 spiro atoms. The van der Waals surface area contributed by atoms with Crippen molar-refractivity contribution in [2.45, 2.75) is 90.6 Å². The third kappa shape index (κ3) is 4.90. The topological polar surface area (TPSA) is 77.4 Å². The summed E-state index contributed by atoms with van der Waals surface area (Å²) in [5.74, 6) is -0.925. The van der Waals surface area contributed by atoms with Crippen LogP contribution in [0.4, 0.5) is 0 Å². The highest BCUT2D eigenvalue weighted by Gasteiger charge is 2.34. The number of esters is 1. The molecule has 1 N–H and O–H groups in total. The first-order valence-corrected chi connectivity index (χ1v) is 11.3. The first-order chi connectivity index (χ1) is 14.1. The molecule has 160 valence electrons. The maximum absolute atomic E-state index is 13.2. The van der Waals surface area contributed by atoms with Crippen LogP contribution >= 0.6 is 0 Å². The number of carbonyl (C=O) groups excluding carboxylic acids is 2. The Morgan fingerprint density at radius 3 is 2.66 bits per heavy atom. The van der Waals surface area contributed by atoms with E-state index in [4.69, 9.17) is 4.74 Å². The molecule has 2 aliphatic carbocycles. The maximum Gasteiger partial charge on any atom is 0.311 e. The minimum absolute atomic E-state index is 0.194. The van der Waals surface area contributed by atoms with Crippen LogP contribution in [0.15, 0.2) is 10.9 Å². The number of unbranched alkanes of at least 4 members (excludes halogenated alkanes) is 1. The lowest BCUT2D eigenvalue weighted by molar-refractivity contribution is -0.150. The van der Waals surface area contributed by atoms with Gasteiger partial charge in [0, 0.05) is 18.3 Å². The van der Waals surface area contributed by atoms with Crippen molar-refractivity contribution in [2.24, 2.45) is 5.92 Å². The number of rotatable bonds is 7. The molecular weight excluding hydrogens is 368 g/mol. The van der Waals surface area contributed by atoms with E-state index in [0.29, 0.717) is 19.6 Å². The van der Waals surface area contributed by atoms with E-state index in [1.807, 2.05) is 4.57 Å². The van der Waals surface area contributed by atoms with Gasteiger partial charge in [-0.05, 0) is 63.5 Å². The second kappa shape index (κ2) is 10.1. The summed E-state index contributed by atoms with van der Waals surface area (Å²) < 4.78 is 7.03. The van der Waals surface area contributed by atoms with E-state index in [-0.39, 0.29) is 35.0 Å².